The molecular weight excluding hydrogens is 251 g/mol. The molecule has 0 aliphatic rings. The molecule has 0 saturated heterocycles. The Morgan fingerprint density at radius 2 is 2.31 bits per heavy atom. The maximum Gasteiger partial charge on any atom is 0.0525 e. The van der Waals surface area contributed by atoms with Gasteiger partial charge in [-0.15, -0.1) is 11.6 Å². The first-order valence-corrected chi connectivity index (χ1v) is 5.18. The highest BCUT2D eigenvalue weighted by molar-refractivity contribution is 9.10. The number of nitrogens with zero attached hydrogens (tertiary/aromatic N) is 1. The van der Waals surface area contributed by atoms with Crippen LogP contribution in [0.3, 0.4) is 0 Å². The summed E-state index contributed by atoms with van der Waals surface area (Å²) in [5.74, 6) is 0.529. The molecule has 0 spiro atoms. The van der Waals surface area contributed by atoms with Gasteiger partial charge in [-0.05, 0) is 12.1 Å². The number of alkyl halides is 1. The molecule has 2 nitrogen and oxygen atoms in total. The molecule has 0 saturated carbocycles. The van der Waals surface area contributed by atoms with E-state index < -0.39 is 0 Å². The van der Waals surface area contributed by atoms with E-state index in [2.05, 4.69) is 20.9 Å². The van der Waals surface area contributed by atoms with Crippen LogP contribution in [-0.4, -0.2) is 18.6 Å². The monoisotopic (exact) mass is 260 g/mol. The number of aliphatic imine (C=N–C) groups is 1. The number of rotatable bonds is 3. The summed E-state index contributed by atoms with van der Waals surface area (Å²) in [6.45, 7) is 0.613. The molecule has 2 N–H and O–H groups in total. The van der Waals surface area contributed by atoms with E-state index in [1.54, 1.807) is 6.21 Å². The van der Waals surface area contributed by atoms with Gasteiger partial charge >= 0.3 is 0 Å². The van der Waals surface area contributed by atoms with Crippen LogP contribution in [-0.2, 0) is 0 Å². The maximum atomic E-state index is 5.75. The minimum absolute atomic E-state index is 0.529. The van der Waals surface area contributed by atoms with Crippen LogP contribution in [0.1, 0.15) is 5.56 Å². The highest BCUT2D eigenvalue weighted by atomic mass is 79.9. The standard InChI is InChI=1S/C9H10BrClN2/c10-8-2-1-3-9(12)7(8)6-13-5-4-11/h1-3,6H,4-5,12H2. The normalized spacial score (nSPS) is 10.9. The molecule has 1 rings (SSSR count). The molecule has 0 amide bonds. The highest BCUT2D eigenvalue weighted by Crippen LogP contribution is 2.20. The molecule has 0 atom stereocenters. The van der Waals surface area contributed by atoms with Gasteiger partial charge < -0.3 is 5.73 Å². The average Bonchev–Trinajstić information content (AvgIpc) is 2.10. The molecule has 13 heavy (non-hydrogen) atoms. The molecule has 1 aromatic carbocycles. The largest absolute Gasteiger partial charge is 0.398 e. The van der Waals surface area contributed by atoms with Gasteiger partial charge in [0.1, 0.15) is 0 Å². The molecule has 0 aliphatic heterocycles. The SMILES string of the molecule is Nc1cccc(Br)c1C=NCCCl. The Hall–Kier alpha value is -0.540. The van der Waals surface area contributed by atoms with Gasteiger partial charge in [-0.3, -0.25) is 4.99 Å². The van der Waals surface area contributed by atoms with E-state index in [4.69, 9.17) is 17.3 Å². The minimum Gasteiger partial charge on any atom is -0.398 e. The van der Waals surface area contributed by atoms with Crippen molar-refractivity contribution in [3.63, 3.8) is 0 Å². The van der Waals surface area contributed by atoms with Gasteiger partial charge in [0.05, 0.1) is 6.54 Å². The van der Waals surface area contributed by atoms with Crippen molar-refractivity contribution in [3.05, 3.63) is 28.2 Å². The topological polar surface area (TPSA) is 38.4 Å². The van der Waals surface area contributed by atoms with E-state index >= 15 is 0 Å². The van der Waals surface area contributed by atoms with Crippen molar-refractivity contribution in [3.8, 4) is 0 Å². The summed E-state index contributed by atoms with van der Waals surface area (Å²) < 4.78 is 0.950. The van der Waals surface area contributed by atoms with Gasteiger partial charge in [-0.1, -0.05) is 22.0 Å². The molecule has 0 fully saturated rings. The number of benzene rings is 1. The third-order valence-electron chi connectivity index (χ3n) is 1.52. The maximum absolute atomic E-state index is 5.75. The fraction of sp³-hybridized carbons (Fsp3) is 0.222. The molecule has 0 bridgehead atoms. The number of nitrogens with two attached hydrogens (primary N) is 1. The third kappa shape index (κ3) is 3.01. The average molecular weight is 262 g/mol. The van der Waals surface area contributed by atoms with Crippen LogP contribution >= 0.6 is 27.5 Å². The van der Waals surface area contributed by atoms with Gasteiger partial charge in [-0.25, -0.2) is 0 Å². The van der Waals surface area contributed by atoms with E-state index in [9.17, 15) is 0 Å². The number of anilines is 1. The lowest BCUT2D eigenvalue weighted by Gasteiger charge is -2.01. The van der Waals surface area contributed by atoms with E-state index in [-0.39, 0.29) is 0 Å². The van der Waals surface area contributed by atoms with Crippen molar-refractivity contribution in [2.24, 2.45) is 4.99 Å². The summed E-state index contributed by atoms with van der Waals surface area (Å²) in [5, 5.41) is 0. The second-order valence-corrected chi connectivity index (χ2v) is 3.70. The zero-order valence-electron chi connectivity index (χ0n) is 7.00. The molecular formula is C9H10BrClN2. The van der Waals surface area contributed by atoms with Crippen LogP contribution in [0.4, 0.5) is 5.69 Å². The Morgan fingerprint density at radius 3 is 2.92 bits per heavy atom. The summed E-state index contributed by atoms with van der Waals surface area (Å²) in [4.78, 5) is 4.11. The van der Waals surface area contributed by atoms with E-state index in [1.807, 2.05) is 18.2 Å². The van der Waals surface area contributed by atoms with Crippen LogP contribution in [0, 0.1) is 0 Å². The van der Waals surface area contributed by atoms with Crippen molar-refractivity contribution in [1.29, 1.82) is 0 Å². The molecule has 1 aromatic rings. The van der Waals surface area contributed by atoms with Crippen LogP contribution in [0.2, 0.25) is 0 Å². The first kappa shape index (κ1) is 10.5. The van der Waals surface area contributed by atoms with Crippen LogP contribution in [0.15, 0.2) is 27.7 Å². The minimum atomic E-state index is 0.529. The molecule has 0 radical (unpaired) electrons. The summed E-state index contributed by atoms with van der Waals surface area (Å²) in [5.41, 5.74) is 7.37. The highest BCUT2D eigenvalue weighted by Gasteiger charge is 1.99. The second kappa shape index (κ2) is 5.25. The Balaban J connectivity index is 2.87. The number of nitrogen functional groups attached to an aromatic ring is 1. The molecule has 0 heterocycles. The zero-order chi connectivity index (χ0) is 9.68. The van der Waals surface area contributed by atoms with Gasteiger partial charge in [0, 0.05) is 27.8 Å². The van der Waals surface area contributed by atoms with Gasteiger partial charge in [0.25, 0.3) is 0 Å². The van der Waals surface area contributed by atoms with Crippen molar-refractivity contribution < 1.29 is 0 Å². The number of halogens is 2. The number of hydrogen-bond acceptors (Lipinski definition) is 2. The van der Waals surface area contributed by atoms with E-state index in [0.29, 0.717) is 18.1 Å². The predicted octanol–water partition coefficient (Wildman–Crippen LogP) is 2.69. The first-order chi connectivity index (χ1) is 6.25. The van der Waals surface area contributed by atoms with Crippen molar-refractivity contribution in [2.45, 2.75) is 0 Å². The molecule has 70 valence electrons. The first-order valence-electron chi connectivity index (χ1n) is 3.85. The number of hydrogen-bond donors (Lipinski definition) is 1. The van der Waals surface area contributed by atoms with Gasteiger partial charge in [-0.2, -0.15) is 0 Å². The lowest BCUT2D eigenvalue weighted by Crippen LogP contribution is -1.94. The van der Waals surface area contributed by atoms with Crippen LogP contribution < -0.4 is 5.73 Å². The predicted molar refractivity (Wildman–Crippen MR) is 61.7 cm³/mol. The zero-order valence-corrected chi connectivity index (χ0v) is 9.35. The summed E-state index contributed by atoms with van der Waals surface area (Å²) >= 11 is 8.89. The Labute approximate surface area is 90.9 Å². The van der Waals surface area contributed by atoms with E-state index in [1.165, 1.54) is 0 Å². The molecule has 0 unspecified atom stereocenters. The molecule has 4 heteroatoms. The van der Waals surface area contributed by atoms with Crippen LogP contribution in [0.25, 0.3) is 0 Å². The Morgan fingerprint density at radius 1 is 1.54 bits per heavy atom. The quantitative estimate of drug-likeness (QED) is 0.507. The van der Waals surface area contributed by atoms with Gasteiger partial charge in [0.2, 0.25) is 0 Å². The molecule has 0 aliphatic carbocycles. The van der Waals surface area contributed by atoms with Crippen molar-refractivity contribution in [2.75, 3.05) is 18.2 Å². The fourth-order valence-corrected chi connectivity index (χ4v) is 1.48. The third-order valence-corrected chi connectivity index (χ3v) is 2.38. The summed E-state index contributed by atoms with van der Waals surface area (Å²) in [7, 11) is 0. The Bertz CT molecular complexity index is 292. The fourth-order valence-electron chi connectivity index (χ4n) is 0.895. The van der Waals surface area contributed by atoms with E-state index in [0.717, 1.165) is 10.0 Å². The summed E-state index contributed by atoms with van der Waals surface area (Å²) in [6, 6.07) is 5.66. The Kier molecular flexibility index (Phi) is 4.25. The van der Waals surface area contributed by atoms with Gasteiger partial charge in [0.15, 0.2) is 0 Å². The van der Waals surface area contributed by atoms with Crippen molar-refractivity contribution >= 4 is 39.4 Å². The van der Waals surface area contributed by atoms with Crippen molar-refractivity contribution in [1.82, 2.24) is 0 Å². The van der Waals surface area contributed by atoms with Crippen LogP contribution in [0.5, 0.6) is 0 Å². The smallest absolute Gasteiger partial charge is 0.0525 e. The second-order valence-electron chi connectivity index (χ2n) is 2.47. The summed E-state index contributed by atoms with van der Waals surface area (Å²) in [6.07, 6.45) is 1.74. The lowest BCUT2D eigenvalue weighted by atomic mass is 10.2. The molecule has 0 aromatic heterocycles. The lowest BCUT2D eigenvalue weighted by molar-refractivity contribution is 1.15.